The lowest BCUT2D eigenvalue weighted by molar-refractivity contribution is -0.870. The van der Waals surface area contributed by atoms with Crippen molar-refractivity contribution < 1.29 is 42.1 Å². The zero-order chi connectivity index (χ0) is 68.3. The summed E-state index contributed by atoms with van der Waals surface area (Å²) in [5, 5.41) is 0. The minimum absolute atomic E-state index is 0.0251. The van der Waals surface area contributed by atoms with Crippen molar-refractivity contribution in [1.29, 1.82) is 0 Å². The quantitative estimate of drug-likeness (QED) is 0.0211. The van der Waals surface area contributed by atoms with E-state index in [1.807, 2.05) is 21.1 Å². The summed E-state index contributed by atoms with van der Waals surface area (Å²) in [6.07, 6.45) is 106. The SMILES string of the molecule is CC/C=C\C/C=C\C/C=C\C/C=C\C/C=C\C/C=C\C/C=C\C/C=C\C/C=C\CCCCCCCCCC(=O)OC(COC(=O)CCCCCCCCCCCCCCCCCCCCCCCCC/C=C\CCCCCCCCCC)COP(=O)(O)OCC[N+](C)(C)C. The van der Waals surface area contributed by atoms with Crippen molar-refractivity contribution in [3.05, 3.63) is 122 Å². The maximum Gasteiger partial charge on any atom is 0.472 e. The largest absolute Gasteiger partial charge is 0.472 e. The lowest BCUT2D eigenvalue weighted by Crippen LogP contribution is -2.37. The van der Waals surface area contributed by atoms with Gasteiger partial charge in [0.05, 0.1) is 27.7 Å². The lowest BCUT2D eigenvalue weighted by Gasteiger charge is -2.24. The van der Waals surface area contributed by atoms with E-state index in [0.717, 1.165) is 103 Å². The maximum atomic E-state index is 12.9. The minimum Gasteiger partial charge on any atom is -0.462 e. The zero-order valence-corrected chi connectivity index (χ0v) is 62.8. The van der Waals surface area contributed by atoms with Gasteiger partial charge in [0.25, 0.3) is 0 Å². The van der Waals surface area contributed by atoms with Crippen LogP contribution in [-0.2, 0) is 32.7 Å². The minimum atomic E-state index is -4.41. The third-order valence-electron chi connectivity index (χ3n) is 17.0. The van der Waals surface area contributed by atoms with Crippen LogP contribution >= 0.6 is 7.82 Å². The summed E-state index contributed by atoms with van der Waals surface area (Å²) in [6, 6.07) is 0. The van der Waals surface area contributed by atoms with Gasteiger partial charge in [-0.25, -0.2) is 4.57 Å². The predicted molar refractivity (Wildman–Crippen MR) is 408 cm³/mol. The van der Waals surface area contributed by atoms with E-state index >= 15 is 0 Å². The molecule has 0 amide bonds. The molecule has 0 aliphatic carbocycles. The van der Waals surface area contributed by atoms with Crippen LogP contribution in [-0.4, -0.2) is 74.9 Å². The number of esters is 2. The Bertz CT molecular complexity index is 2010. The number of phosphoric acid groups is 1. The average Bonchev–Trinajstić information content (AvgIpc) is 1.68. The summed E-state index contributed by atoms with van der Waals surface area (Å²) in [7, 11) is 1.47. The van der Waals surface area contributed by atoms with Crippen molar-refractivity contribution >= 4 is 19.8 Å². The fourth-order valence-corrected chi connectivity index (χ4v) is 11.7. The molecule has 0 aliphatic rings. The molecular formula is C84H149NO8P+. The normalized spacial score (nSPS) is 13.7. The monoisotopic (exact) mass is 1330 g/mol. The van der Waals surface area contributed by atoms with Gasteiger partial charge >= 0.3 is 19.8 Å². The number of phosphoric ester groups is 1. The van der Waals surface area contributed by atoms with Crippen molar-refractivity contribution in [3.63, 3.8) is 0 Å². The van der Waals surface area contributed by atoms with Crippen LogP contribution in [0.1, 0.15) is 348 Å². The van der Waals surface area contributed by atoms with Gasteiger partial charge in [0, 0.05) is 12.8 Å². The molecule has 10 heteroatoms. The average molecular weight is 1330 g/mol. The number of hydrogen-bond donors (Lipinski definition) is 1. The fourth-order valence-electron chi connectivity index (χ4n) is 11.0. The molecule has 0 spiro atoms. The Balaban J connectivity index is 4.03. The number of unbranched alkanes of at least 4 members (excludes halogenated alkanes) is 38. The van der Waals surface area contributed by atoms with Gasteiger partial charge in [0.1, 0.15) is 19.8 Å². The molecule has 0 aromatic carbocycles. The van der Waals surface area contributed by atoms with E-state index in [9.17, 15) is 19.0 Å². The highest BCUT2D eigenvalue weighted by Gasteiger charge is 2.27. The Kier molecular flexibility index (Phi) is 70.8. The second-order valence-corrected chi connectivity index (χ2v) is 28.8. The number of carbonyl (C=O) groups is 2. The number of rotatable bonds is 72. The Labute approximate surface area is 581 Å². The molecule has 542 valence electrons. The molecule has 2 atom stereocenters. The van der Waals surface area contributed by atoms with Crippen LogP contribution in [0.2, 0.25) is 0 Å². The van der Waals surface area contributed by atoms with E-state index in [4.69, 9.17) is 18.5 Å². The molecule has 0 bridgehead atoms. The van der Waals surface area contributed by atoms with Gasteiger partial charge in [0.2, 0.25) is 0 Å². The van der Waals surface area contributed by atoms with Gasteiger partial charge in [-0.05, 0) is 109 Å². The Morgan fingerprint density at radius 1 is 0.340 bits per heavy atom. The van der Waals surface area contributed by atoms with Gasteiger partial charge in [-0.3, -0.25) is 18.6 Å². The fraction of sp³-hybridized carbons (Fsp3) is 0.738. The molecule has 0 radical (unpaired) electrons. The second kappa shape index (κ2) is 73.7. The molecule has 0 aromatic heterocycles. The van der Waals surface area contributed by atoms with Crippen LogP contribution < -0.4 is 0 Å². The smallest absolute Gasteiger partial charge is 0.462 e. The van der Waals surface area contributed by atoms with E-state index in [0.29, 0.717) is 17.4 Å². The second-order valence-electron chi connectivity index (χ2n) is 27.4. The van der Waals surface area contributed by atoms with Gasteiger partial charge < -0.3 is 18.9 Å². The van der Waals surface area contributed by atoms with Crippen LogP contribution in [0.5, 0.6) is 0 Å². The van der Waals surface area contributed by atoms with Crippen molar-refractivity contribution in [2.75, 3.05) is 47.5 Å². The van der Waals surface area contributed by atoms with E-state index in [-0.39, 0.29) is 32.0 Å². The van der Waals surface area contributed by atoms with Crippen molar-refractivity contribution in [2.45, 2.75) is 354 Å². The van der Waals surface area contributed by atoms with Crippen LogP contribution in [0.25, 0.3) is 0 Å². The number of ether oxygens (including phenoxy) is 2. The topological polar surface area (TPSA) is 108 Å². The van der Waals surface area contributed by atoms with Crippen molar-refractivity contribution in [1.82, 2.24) is 0 Å². The summed E-state index contributed by atoms with van der Waals surface area (Å²) < 4.78 is 34.8. The third kappa shape index (κ3) is 77.4. The number of likely N-dealkylation sites (N-methyl/N-ethyl adjacent to an activating group) is 1. The summed E-state index contributed by atoms with van der Waals surface area (Å²) in [4.78, 5) is 36.0. The number of hydrogen-bond acceptors (Lipinski definition) is 7. The highest BCUT2D eigenvalue weighted by atomic mass is 31.2. The molecule has 1 N–H and O–H groups in total. The molecule has 2 unspecified atom stereocenters. The number of quaternary nitrogens is 1. The first-order valence-electron chi connectivity index (χ1n) is 39.3. The predicted octanol–water partition coefficient (Wildman–Crippen LogP) is 26.2. The Morgan fingerprint density at radius 2 is 0.606 bits per heavy atom. The van der Waals surface area contributed by atoms with E-state index in [1.165, 1.54) is 212 Å². The van der Waals surface area contributed by atoms with Gasteiger partial charge in [-0.1, -0.05) is 347 Å². The number of carbonyl (C=O) groups excluding carboxylic acids is 2. The molecule has 0 fully saturated rings. The van der Waals surface area contributed by atoms with E-state index < -0.39 is 26.5 Å². The summed E-state index contributed by atoms with van der Waals surface area (Å²) in [5.41, 5.74) is 0. The Hall–Kier alpha value is -3.59. The summed E-state index contributed by atoms with van der Waals surface area (Å²) in [5.74, 6) is -0.803. The summed E-state index contributed by atoms with van der Waals surface area (Å²) >= 11 is 0. The van der Waals surface area contributed by atoms with Crippen molar-refractivity contribution in [3.8, 4) is 0 Å². The Morgan fingerprint density at radius 3 is 0.915 bits per heavy atom. The highest BCUT2D eigenvalue weighted by molar-refractivity contribution is 7.47. The highest BCUT2D eigenvalue weighted by Crippen LogP contribution is 2.43. The van der Waals surface area contributed by atoms with E-state index in [1.54, 1.807) is 0 Å². The molecule has 0 heterocycles. The maximum absolute atomic E-state index is 12.9. The molecule has 0 saturated heterocycles. The molecule has 94 heavy (non-hydrogen) atoms. The van der Waals surface area contributed by atoms with Gasteiger partial charge in [-0.2, -0.15) is 0 Å². The molecule has 0 rings (SSSR count). The van der Waals surface area contributed by atoms with Crippen LogP contribution in [0.3, 0.4) is 0 Å². The van der Waals surface area contributed by atoms with Crippen LogP contribution in [0.4, 0.5) is 0 Å². The van der Waals surface area contributed by atoms with Crippen molar-refractivity contribution in [2.24, 2.45) is 0 Å². The van der Waals surface area contributed by atoms with Gasteiger partial charge in [0.15, 0.2) is 6.10 Å². The van der Waals surface area contributed by atoms with Crippen LogP contribution in [0.15, 0.2) is 122 Å². The molecule has 0 saturated carbocycles. The van der Waals surface area contributed by atoms with E-state index in [2.05, 4.69) is 135 Å². The zero-order valence-electron chi connectivity index (χ0n) is 61.9. The third-order valence-corrected chi connectivity index (χ3v) is 18.0. The number of allylic oxidation sites excluding steroid dienone is 20. The first-order chi connectivity index (χ1) is 46.0. The molecule has 9 nitrogen and oxygen atoms in total. The molecule has 0 aliphatic heterocycles. The number of nitrogens with zero attached hydrogens (tertiary/aromatic N) is 1. The van der Waals surface area contributed by atoms with Crippen LogP contribution in [0, 0.1) is 0 Å². The first-order valence-corrected chi connectivity index (χ1v) is 40.8. The molecular weight excluding hydrogens is 1180 g/mol. The molecule has 0 aromatic rings. The van der Waals surface area contributed by atoms with Gasteiger partial charge in [-0.15, -0.1) is 0 Å². The lowest BCUT2D eigenvalue weighted by atomic mass is 10.0. The first kappa shape index (κ1) is 90.4. The summed E-state index contributed by atoms with van der Waals surface area (Å²) in [6.45, 7) is 4.34. The standard InChI is InChI=1S/C84H148NO8P/c1-6-8-10-12-14-16-18-20-22-24-26-28-30-32-34-36-38-40-42-44-46-48-50-52-54-56-58-60-62-64-66-68-70-72-74-76-83(86)90-80-82(81-92-94(88,89)91-79-78-85(3,4)5)93-84(87)77-75-73-71-69-67-65-63-61-59-57-55-53-51-49-47-45-43-41-39-37-35-33-31-29-27-25-23-21-19-17-15-13-11-9-7-2/h9,11,15,17,21,23-24,26-27,29,33,35,39,41,45,47,51,53,57,59,82H,6-8,10,12-14,16,18-20,22,25,28,30-32,34,36-38,40,42-44,46,48-50,52,54-56,58,60-81H2,1-5H3/p+1/b11-9-,17-15-,23-21-,26-24-,29-27-,35-33-,41-39-,47-45-,53-51-,59-57-.